The molecule has 2 heterocycles. The second-order valence-electron chi connectivity index (χ2n) is 8.93. The summed E-state index contributed by atoms with van der Waals surface area (Å²) in [7, 11) is 0. The molecule has 1 aromatic rings. The molecule has 29 heavy (non-hydrogen) atoms. The third-order valence-electron chi connectivity index (χ3n) is 6.85. The fraction of sp³-hybridized carbons (Fsp3) is 0.708. The molecule has 164 valence electrons. The molecular formula is C24H39O3PS. The molecule has 0 radical (unpaired) electrons. The number of carbonyl (C=O) groups excluding carboxylic acids is 1. The fourth-order valence-corrected chi connectivity index (χ4v) is 11.6. The van der Waals surface area contributed by atoms with E-state index in [1.807, 2.05) is 19.1 Å². The minimum atomic E-state index is -2.35. The van der Waals surface area contributed by atoms with Gasteiger partial charge >= 0.3 is 183 Å². The van der Waals surface area contributed by atoms with Crippen molar-refractivity contribution in [2.75, 3.05) is 13.2 Å². The Morgan fingerprint density at radius 1 is 1.00 bits per heavy atom. The third-order valence-corrected chi connectivity index (χ3v) is 14.3. The van der Waals surface area contributed by atoms with Crippen molar-refractivity contribution in [1.82, 2.24) is 0 Å². The maximum atomic E-state index is 14.0. The number of aryl methyl sites for hydroxylation is 1. The van der Waals surface area contributed by atoms with Gasteiger partial charge in [-0.2, -0.15) is 0 Å². The van der Waals surface area contributed by atoms with Crippen molar-refractivity contribution >= 4 is 24.2 Å². The average Bonchev–Trinajstić information content (AvgIpc) is 2.89. The van der Waals surface area contributed by atoms with Crippen molar-refractivity contribution in [3.8, 4) is 11.5 Å². The number of thiol groups is 1. The van der Waals surface area contributed by atoms with Crippen LogP contribution in [0.2, 0.25) is 0 Å². The van der Waals surface area contributed by atoms with Crippen LogP contribution in [0.3, 0.4) is 0 Å². The quantitative estimate of drug-likeness (QED) is 0.238. The van der Waals surface area contributed by atoms with Gasteiger partial charge in [-0.1, -0.05) is 0 Å². The predicted octanol–water partition coefficient (Wildman–Crippen LogP) is 7.19. The summed E-state index contributed by atoms with van der Waals surface area (Å²) < 4.78 is 12.1. The summed E-state index contributed by atoms with van der Waals surface area (Å²) >= 11 is 5.28. The van der Waals surface area contributed by atoms with Crippen molar-refractivity contribution in [3.63, 3.8) is 0 Å². The van der Waals surface area contributed by atoms with Crippen LogP contribution in [0.4, 0.5) is 0 Å². The molecule has 0 spiro atoms. The second-order valence-corrected chi connectivity index (χ2v) is 14.9. The van der Waals surface area contributed by atoms with Crippen LogP contribution >= 0.6 is 18.7 Å². The topological polar surface area (TPSA) is 35.5 Å². The SMILES string of the molecule is CCCCOc1cc(C)c(C(=O)[PH]2(S)C3CCCCC2CC3)c(OCCCC)c1. The Labute approximate surface area is 182 Å². The van der Waals surface area contributed by atoms with Gasteiger partial charge in [0.05, 0.1) is 0 Å². The molecule has 0 N–H and O–H groups in total. The van der Waals surface area contributed by atoms with Gasteiger partial charge in [0.15, 0.2) is 0 Å². The van der Waals surface area contributed by atoms with Crippen LogP contribution in [0.1, 0.15) is 94.0 Å². The van der Waals surface area contributed by atoms with Crippen LogP contribution in [0, 0.1) is 6.92 Å². The zero-order valence-electron chi connectivity index (χ0n) is 18.5. The molecule has 0 saturated carbocycles. The number of hydrogen-bond acceptors (Lipinski definition) is 4. The van der Waals surface area contributed by atoms with Gasteiger partial charge in [-0.05, 0) is 0 Å². The van der Waals surface area contributed by atoms with Crippen molar-refractivity contribution in [2.24, 2.45) is 0 Å². The Morgan fingerprint density at radius 2 is 1.59 bits per heavy atom. The van der Waals surface area contributed by atoms with Gasteiger partial charge < -0.3 is 0 Å². The Morgan fingerprint density at radius 3 is 2.17 bits per heavy atom. The molecule has 2 bridgehead atoms. The first-order valence-electron chi connectivity index (χ1n) is 11.7. The predicted molar refractivity (Wildman–Crippen MR) is 129 cm³/mol. The van der Waals surface area contributed by atoms with E-state index in [0.717, 1.165) is 48.3 Å². The van der Waals surface area contributed by atoms with Gasteiger partial charge in [-0.25, -0.2) is 0 Å². The van der Waals surface area contributed by atoms with Gasteiger partial charge in [-0.15, -0.1) is 0 Å². The summed E-state index contributed by atoms with van der Waals surface area (Å²) in [6.45, 7) is 5.35. The van der Waals surface area contributed by atoms with E-state index in [-0.39, 0.29) is 0 Å². The molecule has 3 nitrogen and oxygen atoms in total. The molecule has 2 atom stereocenters. The normalized spacial score (nSPS) is 24.0. The van der Waals surface area contributed by atoms with E-state index in [1.54, 1.807) is 0 Å². The van der Waals surface area contributed by atoms with Gasteiger partial charge in [-0.3, -0.25) is 0 Å². The van der Waals surface area contributed by atoms with Crippen LogP contribution in [0.5, 0.6) is 11.5 Å². The van der Waals surface area contributed by atoms with Crippen molar-refractivity contribution < 1.29 is 14.3 Å². The summed E-state index contributed by atoms with van der Waals surface area (Å²) in [5.74, 6) is 1.54. The number of benzene rings is 1. The molecule has 0 amide bonds. The first-order valence-corrected chi connectivity index (χ1v) is 15.1. The van der Waals surface area contributed by atoms with E-state index >= 15 is 0 Å². The molecule has 2 unspecified atom stereocenters. The van der Waals surface area contributed by atoms with E-state index < -0.39 is 6.46 Å². The Hall–Kier alpha value is -0.730. The summed E-state index contributed by atoms with van der Waals surface area (Å²) in [5.41, 5.74) is 3.15. The van der Waals surface area contributed by atoms with Crippen LogP contribution < -0.4 is 9.47 Å². The molecule has 2 fully saturated rings. The molecule has 1 aromatic carbocycles. The first-order chi connectivity index (χ1) is 14.0. The van der Waals surface area contributed by atoms with E-state index in [2.05, 4.69) is 13.8 Å². The molecular weight excluding hydrogens is 399 g/mol. The maximum absolute atomic E-state index is 14.0. The molecule has 2 saturated heterocycles. The van der Waals surface area contributed by atoms with Gasteiger partial charge in [0.2, 0.25) is 0 Å². The Kier molecular flexibility index (Phi) is 8.33. The van der Waals surface area contributed by atoms with E-state index in [9.17, 15) is 4.79 Å². The van der Waals surface area contributed by atoms with E-state index in [1.165, 1.54) is 38.5 Å². The van der Waals surface area contributed by atoms with Gasteiger partial charge in [0.1, 0.15) is 0 Å². The monoisotopic (exact) mass is 438 g/mol. The zero-order chi connectivity index (χ0) is 20.9. The number of unbranched alkanes of at least 4 members (excludes halogenated alkanes) is 2. The van der Waals surface area contributed by atoms with Crippen LogP contribution in [-0.2, 0) is 0 Å². The molecule has 5 heteroatoms. The average molecular weight is 439 g/mol. The summed E-state index contributed by atoms with van der Waals surface area (Å²) in [6.07, 6.45) is 11.5. The second kappa shape index (κ2) is 10.5. The molecule has 2 aliphatic rings. The van der Waals surface area contributed by atoms with E-state index in [0.29, 0.717) is 30.1 Å². The number of rotatable bonds is 10. The number of hydrogen-bond donors (Lipinski definition) is 1. The van der Waals surface area contributed by atoms with Crippen molar-refractivity contribution in [1.29, 1.82) is 0 Å². The standard InChI is InChI=1S/C24H39O3PS/c1-4-6-14-26-19-16-18(3)23(22(17-19)27-15-7-5-2)24(25)28(29)20-10-8-9-11-21(28)13-12-20/h16-17,20-21,28-29H,4-15H2,1-3H3. The molecule has 2 aliphatic heterocycles. The van der Waals surface area contributed by atoms with E-state index in [4.69, 9.17) is 21.7 Å². The molecule has 0 aliphatic carbocycles. The third kappa shape index (κ3) is 4.96. The van der Waals surface area contributed by atoms with Gasteiger partial charge in [0, 0.05) is 0 Å². The zero-order valence-corrected chi connectivity index (χ0v) is 20.4. The Bertz CT molecular complexity index is 692. The summed E-state index contributed by atoms with van der Waals surface area (Å²) in [5, 5.41) is 0. The van der Waals surface area contributed by atoms with Crippen molar-refractivity contribution in [2.45, 2.75) is 96.3 Å². The van der Waals surface area contributed by atoms with Crippen LogP contribution in [0.15, 0.2) is 12.1 Å². The van der Waals surface area contributed by atoms with Crippen molar-refractivity contribution in [3.05, 3.63) is 23.3 Å². The molecule has 3 rings (SSSR count). The van der Waals surface area contributed by atoms with Gasteiger partial charge in [0.25, 0.3) is 0 Å². The number of ether oxygens (including phenoxy) is 2. The van der Waals surface area contributed by atoms with Crippen LogP contribution in [-0.4, -0.2) is 30.1 Å². The minimum absolute atomic E-state index is 0.319. The Balaban J connectivity index is 1.94. The summed E-state index contributed by atoms with van der Waals surface area (Å²) in [4.78, 5) is 14.0. The summed E-state index contributed by atoms with van der Waals surface area (Å²) in [6, 6.07) is 3.98. The first kappa shape index (κ1) is 22.9. The van der Waals surface area contributed by atoms with Crippen LogP contribution in [0.25, 0.3) is 0 Å². The fourth-order valence-electron chi connectivity index (χ4n) is 5.13. The molecule has 0 aromatic heterocycles. The number of carbonyl (C=O) groups is 1. The number of fused-ring (bicyclic) bond motifs is 2.